The van der Waals surface area contributed by atoms with Crippen LogP contribution >= 0.6 is 46.6 Å². The van der Waals surface area contributed by atoms with Gasteiger partial charge in [0.05, 0.1) is 2.88 Å². The summed E-state index contributed by atoms with van der Waals surface area (Å²) in [5, 5.41) is 1.29. The first-order valence-corrected chi connectivity index (χ1v) is 6.46. The number of thiophene rings is 1. The second-order valence-electron chi connectivity index (χ2n) is 2.91. The second-order valence-corrected chi connectivity index (χ2v) is 6.22. The molecular formula is C10H9IS2. The zero-order valence-electron chi connectivity index (χ0n) is 7.17. The van der Waals surface area contributed by atoms with Crippen LogP contribution in [-0.4, -0.2) is 0 Å². The molecule has 0 atom stereocenters. The lowest BCUT2D eigenvalue weighted by Gasteiger charge is -1.95. The molecule has 0 aliphatic heterocycles. The lowest BCUT2D eigenvalue weighted by Crippen LogP contribution is -1.76. The number of thiol groups is 1. The second kappa shape index (κ2) is 3.79. The number of hydrogen-bond acceptors (Lipinski definition) is 2. The SMILES string of the molecule is CCc1ccc2c(S)c(I)sc2c1. The molecule has 0 amide bonds. The van der Waals surface area contributed by atoms with Crippen LogP contribution in [0.5, 0.6) is 0 Å². The van der Waals surface area contributed by atoms with Gasteiger partial charge in [-0.25, -0.2) is 0 Å². The van der Waals surface area contributed by atoms with Gasteiger partial charge in [-0.1, -0.05) is 19.1 Å². The van der Waals surface area contributed by atoms with Gasteiger partial charge in [0.15, 0.2) is 0 Å². The van der Waals surface area contributed by atoms with Crippen LogP contribution in [0.4, 0.5) is 0 Å². The maximum atomic E-state index is 4.48. The summed E-state index contributed by atoms with van der Waals surface area (Å²) >= 11 is 8.64. The van der Waals surface area contributed by atoms with Gasteiger partial charge in [0.1, 0.15) is 0 Å². The summed E-state index contributed by atoms with van der Waals surface area (Å²) in [5.41, 5.74) is 1.40. The summed E-state index contributed by atoms with van der Waals surface area (Å²) in [5.74, 6) is 0. The fraction of sp³-hybridized carbons (Fsp3) is 0.200. The molecule has 0 fully saturated rings. The standard InChI is InChI=1S/C10H9IS2/c1-2-6-3-4-7-8(5-6)13-10(11)9(7)12/h3-5,12H,2H2,1H3. The average Bonchev–Trinajstić information content (AvgIpc) is 2.42. The number of benzene rings is 1. The molecule has 0 radical (unpaired) electrons. The van der Waals surface area contributed by atoms with Crippen LogP contribution in [0.25, 0.3) is 10.1 Å². The van der Waals surface area contributed by atoms with Crippen molar-refractivity contribution in [1.82, 2.24) is 0 Å². The molecule has 2 aromatic rings. The number of fused-ring (bicyclic) bond motifs is 1. The van der Waals surface area contributed by atoms with E-state index in [0.29, 0.717) is 0 Å². The molecule has 0 aliphatic rings. The van der Waals surface area contributed by atoms with E-state index >= 15 is 0 Å². The zero-order chi connectivity index (χ0) is 9.42. The van der Waals surface area contributed by atoms with Gasteiger partial charge in [0, 0.05) is 15.0 Å². The summed E-state index contributed by atoms with van der Waals surface area (Å²) in [6.07, 6.45) is 1.10. The van der Waals surface area contributed by atoms with Gasteiger partial charge in [-0.15, -0.1) is 24.0 Å². The Morgan fingerprint density at radius 3 is 2.92 bits per heavy atom. The van der Waals surface area contributed by atoms with Gasteiger partial charge in [-0.2, -0.15) is 0 Å². The Kier molecular flexibility index (Phi) is 2.86. The molecule has 1 aromatic heterocycles. The molecule has 3 heteroatoms. The number of rotatable bonds is 1. The predicted molar refractivity (Wildman–Crippen MR) is 71.2 cm³/mol. The van der Waals surface area contributed by atoms with E-state index in [1.807, 2.05) is 11.3 Å². The third kappa shape index (κ3) is 1.74. The fourth-order valence-electron chi connectivity index (χ4n) is 1.32. The highest BCUT2D eigenvalue weighted by Gasteiger charge is 2.06. The monoisotopic (exact) mass is 320 g/mol. The number of aryl methyl sites for hydroxylation is 1. The van der Waals surface area contributed by atoms with Crippen LogP contribution in [0.2, 0.25) is 0 Å². The summed E-state index contributed by atoms with van der Waals surface area (Å²) in [6.45, 7) is 2.18. The van der Waals surface area contributed by atoms with E-state index in [1.54, 1.807) is 0 Å². The first-order valence-electron chi connectivity index (χ1n) is 4.12. The lowest BCUT2D eigenvalue weighted by atomic mass is 10.1. The van der Waals surface area contributed by atoms with Crippen LogP contribution in [0.3, 0.4) is 0 Å². The summed E-state index contributed by atoms with van der Waals surface area (Å²) in [4.78, 5) is 1.13. The van der Waals surface area contributed by atoms with Crippen molar-refractivity contribution in [3.63, 3.8) is 0 Å². The van der Waals surface area contributed by atoms with Crippen LogP contribution in [0.15, 0.2) is 23.1 Å². The molecule has 13 heavy (non-hydrogen) atoms. The molecule has 0 nitrogen and oxygen atoms in total. The van der Waals surface area contributed by atoms with Gasteiger partial charge < -0.3 is 0 Å². The number of halogens is 1. The Balaban J connectivity index is 2.73. The number of hydrogen-bond donors (Lipinski definition) is 1. The van der Waals surface area contributed by atoms with Gasteiger partial charge in [-0.05, 0) is 40.6 Å². The Bertz CT molecular complexity index is 445. The molecule has 0 N–H and O–H groups in total. The first-order chi connectivity index (χ1) is 6.22. The van der Waals surface area contributed by atoms with Gasteiger partial charge in [0.2, 0.25) is 0 Å². The molecule has 68 valence electrons. The Morgan fingerprint density at radius 2 is 2.23 bits per heavy atom. The van der Waals surface area contributed by atoms with Crippen molar-refractivity contribution in [2.24, 2.45) is 0 Å². The Morgan fingerprint density at radius 1 is 1.46 bits per heavy atom. The van der Waals surface area contributed by atoms with Crippen molar-refractivity contribution in [3.8, 4) is 0 Å². The molecule has 1 aromatic carbocycles. The Labute approximate surface area is 101 Å². The summed E-state index contributed by atoms with van der Waals surface area (Å²) in [6, 6.07) is 6.63. The van der Waals surface area contributed by atoms with E-state index in [2.05, 4.69) is 60.3 Å². The minimum Gasteiger partial charge on any atom is -0.141 e. The predicted octanol–water partition coefficient (Wildman–Crippen LogP) is 4.36. The fourth-order valence-corrected chi connectivity index (χ4v) is 3.62. The summed E-state index contributed by atoms with van der Waals surface area (Å²) in [7, 11) is 0. The van der Waals surface area contributed by atoms with Crippen molar-refractivity contribution in [3.05, 3.63) is 26.6 Å². The van der Waals surface area contributed by atoms with Crippen molar-refractivity contribution in [1.29, 1.82) is 0 Å². The van der Waals surface area contributed by atoms with E-state index in [0.717, 1.165) is 11.3 Å². The van der Waals surface area contributed by atoms with E-state index in [9.17, 15) is 0 Å². The van der Waals surface area contributed by atoms with Crippen molar-refractivity contribution >= 4 is 56.6 Å². The maximum absolute atomic E-state index is 4.48. The van der Waals surface area contributed by atoms with E-state index in [4.69, 9.17) is 0 Å². The van der Waals surface area contributed by atoms with E-state index < -0.39 is 0 Å². The zero-order valence-corrected chi connectivity index (χ0v) is 11.0. The third-order valence-electron chi connectivity index (χ3n) is 2.10. The largest absolute Gasteiger partial charge is 0.141 e. The van der Waals surface area contributed by atoms with Crippen molar-refractivity contribution < 1.29 is 0 Å². The smallest absolute Gasteiger partial charge is 0.0799 e. The maximum Gasteiger partial charge on any atom is 0.0799 e. The van der Waals surface area contributed by atoms with E-state index in [1.165, 1.54) is 18.5 Å². The lowest BCUT2D eigenvalue weighted by molar-refractivity contribution is 1.15. The van der Waals surface area contributed by atoms with Crippen molar-refractivity contribution in [2.45, 2.75) is 18.2 Å². The highest BCUT2D eigenvalue weighted by molar-refractivity contribution is 14.1. The highest BCUT2D eigenvalue weighted by Crippen LogP contribution is 2.35. The molecule has 0 saturated heterocycles. The van der Waals surface area contributed by atoms with Crippen LogP contribution in [-0.2, 0) is 6.42 Å². The minimum absolute atomic E-state index is 1.10. The molecule has 0 spiro atoms. The third-order valence-corrected chi connectivity index (χ3v) is 5.28. The van der Waals surface area contributed by atoms with Gasteiger partial charge in [-0.3, -0.25) is 0 Å². The topological polar surface area (TPSA) is 0 Å². The molecular weight excluding hydrogens is 311 g/mol. The molecule has 2 rings (SSSR count). The quantitative estimate of drug-likeness (QED) is 0.586. The molecule has 0 aliphatic carbocycles. The summed E-state index contributed by atoms with van der Waals surface area (Å²) < 4.78 is 2.64. The van der Waals surface area contributed by atoms with Crippen LogP contribution in [0.1, 0.15) is 12.5 Å². The average molecular weight is 320 g/mol. The minimum atomic E-state index is 1.10. The van der Waals surface area contributed by atoms with Gasteiger partial charge in [0.25, 0.3) is 0 Å². The molecule has 1 heterocycles. The first kappa shape index (κ1) is 9.80. The van der Waals surface area contributed by atoms with Crippen LogP contribution < -0.4 is 0 Å². The highest BCUT2D eigenvalue weighted by atomic mass is 127. The Hall–Kier alpha value is 0.260. The van der Waals surface area contributed by atoms with Gasteiger partial charge >= 0.3 is 0 Å². The molecule has 0 unspecified atom stereocenters. The van der Waals surface area contributed by atoms with E-state index in [-0.39, 0.29) is 0 Å². The van der Waals surface area contributed by atoms with Crippen molar-refractivity contribution in [2.75, 3.05) is 0 Å². The van der Waals surface area contributed by atoms with Crippen LogP contribution in [0, 0.1) is 2.88 Å². The normalized spacial score (nSPS) is 11.0. The molecule has 0 saturated carbocycles. The molecule has 0 bridgehead atoms.